The molecule has 2 heteroatoms. The van der Waals surface area contributed by atoms with Crippen LogP contribution in [-0.2, 0) is 0 Å². The van der Waals surface area contributed by atoms with Crippen molar-refractivity contribution < 1.29 is 0 Å². The third-order valence-corrected chi connectivity index (χ3v) is 6.90. The lowest BCUT2D eigenvalue weighted by Gasteiger charge is -2.52. The second-order valence-corrected chi connectivity index (χ2v) is 6.35. The second-order valence-electron chi connectivity index (χ2n) is 4.01. The van der Waals surface area contributed by atoms with Crippen LogP contribution in [0, 0.1) is 24.2 Å². The smallest absolute Gasteiger partial charge is 0.0524 e. The molecular weight excluding hydrogens is 270 g/mol. The van der Waals surface area contributed by atoms with E-state index in [1.807, 2.05) is 0 Å². The number of hydrogen-bond acceptors (Lipinski definition) is 0. The fourth-order valence-corrected chi connectivity index (χ4v) is 5.24. The molecule has 0 aromatic rings. The van der Waals surface area contributed by atoms with Crippen molar-refractivity contribution in [1.29, 1.82) is 0 Å². The molecule has 0 aliphatic heterocycles. The van der Waals surface area contributed by atoms with Crippen molar-refractivity contribution in [2.45, 2.75) is 28.1 Å². The van der Waals surface area contributed by atoms with Gasteiger partial charge in [0.15, 0.2) is 0 Å². The molecule has 0 heterocycles. The van der Waals surface area contributed by atoms with E-state index in [0.717, 1.165) is 11.8 Å². The molecule has 11 heavy (non-hydrogen) atoms. The van der Waals surface area contributed by atoms with E-state index in [1.54, 1.807) is 0 Å². The van der Waals surface area contributed by atoms with E-state index in [1.165, 1.54) is 19.3 Å². The van der Waals surface area contributed by atoms with Gasteiger partial charge >= 0.3 is 0 Å². The molecular formula is C9H10ClI. The first-order chi connectivity index (χ1) is 5.24. The molecule has 2 radical (unpaired) electrons. The summed E-state index contributed by atoms with van der Waals surface area (Å²) in [6.07, 6.45) is 7.80. The van der Waals surface area contributed by atoms with Crippen LogP contribution in [0.2, 0.25) is 0 Å². The minimum absolute atomic E-state index is 0.415. The summed E-state index contributed by atoms with van der Waals surface area (Å²) in [5.74, 6) is 2.28. The molecule has 0 amide bonds. The van der Waals surface area contributed by atoms with Crippen LogP contribution < -0.4 is 0 Å². The largest absolute Gasteiger partial charge is 0.121 e. The van der Waals surface area contributed by atoms with E-state index in [-0.39, 0.29) is 0 Å². The topological polar surface area (TPSA) is 0 Å². The van der Waals surface area contributed by atoms with Crippen molar-refractivity contribution in [3.8, 4) is 0 Å². The predicted octanol–water partition coefficient (Wildman–Crippen LogP) is 2.91. The lowest BCUT2D eigenvalue weighted by Crippen LogP contribution is -2.56. The van der Waals surface area contributed by atoms with Crippen LogP contribution in [0.25, 0.3) is 0 Å². The van der Waals surface area contributed by atoms with Gasteiger partial charge in [0, 0.05) is 3.42 Å². The maximum atomic E-state index is 6.29. The highest BCUT2D eigenvalue weighted by Gasteiger charge is 2.70. The average molecular weight is 281 g/mol. The van der Waals surface area contributed by atoms with Crippen LogP contribution in [0.15, 0.2) is 0 Å². The number of halogens is 2. The van der Waals surface area contributed by atoms with E-state index in [0.29, 0.717) is 14.7 Å². The highest BCUT2D eigenvalue weighted by molar-refractivity contribution is 14.1. The highest BCUT2D eigenvalue weighted by Crippen LogP contribution is 2.71. The molecule has 4 saturated carbocycles. The van der Waals surface area contributed by atoms with E-state index in [9.17, 15) is 0 Å². The first-order valence-electron chi connectivity index (χ1n) is 4.33. The second kappa shape index (κ2) is 2.09. The summed E-state index contributed by atoms with van der Waals surface area (Å²) in [6, 6.07) is 0. The van der Waals surface area contributed by atoms with Crippen LogP contribution in [0.4, 0.5) is 0 Å². The van der Waals surface area contributed by atoms with Gasteiger partial charge in [-0.2, -0.15) is 0 Å². The van der Waals surface area contributed by atoms with Crippen molar-refractivity contribution in [1.82, 2.24) is 0 Å². The Bertz CT molecular complexity index is 198. The van der Waals surface area contributed by atoms with Gasteiger partial charge in [0.2, 0.25) is 0 Å². The molecule has 5 atom stereocenters. The van der Waals surface area contributed by atoms with Gasteiger partial charge in [-0.05, 0) is 37.0 Å². The molecule has 4 fully saturated rings. The Kier molecular flexibility index (Phi) is 1.41. The van der Waals surface area contributed by atoms with Crippen molar-refractivity contribution >= 4 is 34.2 Å². The van der Waals surface area contributed by atoms with Crippen LogP contribution in [-0.4, -0.2) is 8.80 Å². The first kappa shape index (κ1) is 7.43. The lowest BCUT2D eigenvalue weighted by molar-refractivity contribution is 0.154. The fraction of sp³-hybridized carbons (Fsp3) is 0.889. The molecule has 5 unspecified atom stereocenters. The minimum Gasteiger partial charge on any atom is -0.121 e. The summed E-state index contributed by atoms with van der Waals surface area (Å²) in [6.45, 7) is 0. The van der Waals surface area contributed by atoms with Crippen LogP contribution in [0.3, 0.4) is 0 Å². The van der Waals surface area contributed by atoms with Crippen molar-refractivity contribution in [2.24, 2.45) is 17.8 Å². The summed E-state index contributed by atoms with van der Waals surface area (Å²) in [4.78, 5) is 0. The Morgan fingerprint density at radius 3 is 2.91 bits per heavy atom. The normalized spacial score (nSPS) is 66.0. The first-order valence-corrected chi connectivity index (χ1v) is 5.85. The van der Waals surface area contributed by atoms with Gasteiger partial charge in [0.1, 0.15) is 0 Å². The molecule has 0 N–H and O–H groups in total. The number of rotatable bonds is 0. The average Bonchev–Trinajstić information content (AvgIpc) is 2.37. The zero-order valence-electron chi connectivity index (χ0n) is 6.19. The molecule has 0 spiro atoms. The Hall–Kier alpha value is 1.02. The van der Waals surface area contributed by atoms with Gasteiger partial charge in [0.05, 0.1) is 5.38 Å². The van der Waals surface area contributed by atoms with Crippen molar-refractivity contribution in [3.05, 3.63) is 6.42 Å². The van der Waals surface area contributed by atoms with Gasteiger partial charge in [-0.1, -0.05) is 29.0 Å². The SMILES string of the molecule is ClC1C2[C]C3CCCC2C31I. The Balaban J connectivity index is 2.01. The quantitative estimate of drug-likeness (QED) is 0.473. The van der Waals surface area contributed by atoms with Gasteiger partial charge in [0.25, 0.3) is 0 Å². The molecule has 4 aliphatic rings. The van der Waals surface area contributed by atoms with Gasteiger partial charge in [-0.15, -0.1) is 11.6 Å². The summed E-state index contributed by atoms with van der Waals surface area (Å²) in [7, 11) is 0. The zero-order chi connectivity index (χ0) is 7.64. The van der Waals surface area contributed by atoms with E-state index < -0.39 is 0 Å². The highest BCUT2D eigenvalue weighted by atomic mass is 127. The van der Waals surface area contributed by atoms with E-state index in [2.05, 4.69) is 29.0 Å². The van der Waals surface area contributed by atoms with Crippen molar-refractivity contribution in [2.75, 3.05) is 0 Å². The maximum Gasteiger partial charge on any atom is 0.0524 e. The third kappa shape index (κ3) is 0.654. The molecule has 4 bridgehead atoms. The van der Waals surface area contributed by atoms with Crippen LogP contribution in [0.5, 0.6) is 0 Å². The summed E-state index contributed by atoms with van der Waals surface area (Å²) >= 11 is 8.89. The van der Waals surface area contributed by atoms with Gasteiger partial charge in [-0.3, -0.25) is 0 Å². The Morgan fingerprint density at radius 2 is 2.27 bits per heavy atom. The predicted molar refractivity (Wildman–Crippen MR) is 54.0 cm³/mol. The standard InChI is InChI=1S/C9H10ClI/c10-8-6-4-5-2-1-3-7(6)9(5,8)11/h5-8H,1-3H2. The molecule has 60 valence electrons. The maximum absolute atomic E-state index is 6.29. The molecule has 0 aromatic heterocycles. The zero-order valence-corrected chi connectivity index (χ0v) is 9.10. The van der Waals surface area contributed by atoms with E-state index in [4.69, 9.17) is 11.6 Å². The molecule has 0 aromatic carbocycles. The Morgan fingerprint density at radius 1 is 1.45 bits per heavy atom. The summed E-state index contributed by atoms with van der Waals surface area (Å²) < 4.78 is 0.433. The summed E-state index contributed by atoms with van der Waals surface area (Å²) in [5.41, 5.74) is 0. The van der Waals surface area contributed by atoms with E-state index >= 15 is 0 Å². The third-order valence-electron chi connectivity index (χ3n) is 3.68. The lowest BCUT2D eigenvalue weighted by atomic mass is 9.65. The molecule has 4 aliphatic carbocycles. The van der Waals surface area contributed by atoms with Gasteiger partial charge in [-0.25, -0.2) is 0 Å². The summed E-state index contributed by atoms with van der Waals surface area (Å²) in [5, 5.41) is 0.415. The molecule has 0 nitrogen and oxygen atoms in total. The monoisotopic (exact) mass is 280 g/mol. The van der Waals surface area contributed by atoms with Crippen LogP contribution in [0.1, 0.15) is 19.3 Å². The fourth-order valence-electron chi connectivity index (χ4n) is 3.10. The Labute approximate surface area is 86.2 Å². The number of alkyl halides is 2. The van der Waals surface area contributed by atoms with Crippen LogP contribution >= 0.6 is 34.2 Å². The number of hydrogen-bond donors (Lipinski definition) is 0. The van der Waals surface area contributed by atoms with Crippen molar-refractivity contribution in [3.63, 3.8) is 0 Å². The molecule has 4 rings (SSSR count). The van der Waals surface area contributed by atoms with Gasteiger partial charge < -0.3 is 0 Å². The minimum atomic E-state index is 0.415. The molecule has 0 saturated heterocycles.